The molecule has 0 spiro atoms. The van der Waals surface area contributed by atoms with Crippen molar-refractivity contribution in [2.45, 2.75) is 26.1 Å². The Bertz CT molecular complexity index is 580. The van der Waals surface area contributed by atoms with E-state index >= 15 is 0 Å². The van der Waals surface area contributed by atoms with E-state index in [9.17, 15) is 0 Å². The third-order valence-corrected chi connectivity index (χ3v) is 3.89. The van der Waals surface area contributed by atoms with Gasteiger partial charge in [0.15, 0.2) is 0 Å². The lowest BCUT2D eigenvalue weighted by Gasteiger charge is -2.37. The molecule has 0 aromatic heterocycles. The Kier molecular flexibility index (Phi) is 3.61. The molecule has 3 heteroatoms. The molecule has 0 amide bonds. The Morgan fingerprint density at radius 3 is 2.55 bits per heavy atom. The van der Waals surface area contributed by atoms with Gasteiger partial charge < -0.3 is 15.3 Å². The van der Waals surface area contributed by atoms with Crippen molar-refractivity contribution in [2.75, 3.05) is 16.8 Å². The summed E-state index contributed by atoms with van der Waals surface area (Å²) in [4.78, 5) is 2.43. The number of nitrogens with zero attached hydrogens (tertiary/aromatic N) is 1. The predicted molar refractivity (Wildman–Crippen MR) is 82.9 cm³/mol. The van der Waals surface area contributed by atoms with Crippen LogP contribution in [0.5, 0.6) is 0 Å². The van der Waals surface area contributed by atoms with Crippen LogP contribution >= 0.6 is 0 Å². The lowest BCUT2D eigenvalue weighted by atomic mass is 10.1. The van der Waals surface area contributed by atoms with Crippen molar-refractivity contribution in [2.24, 2.45) is 0 Å². The molecule has 1 unspecified atom stereocenters. The van der Waals surface area contributed by atoms with Crippen LogP contribution in [-0.4, -0.2) is 17.7 Å². The molecule has 0 radical (unpaired) electrons. The molecule has 20 heavy (non-hydrogen) atoms. The average Bonchev–Trinajstić information content (AvgIpc) is 2.51. The summed E-state index contributed by atoms with van der Waals surface area (Å²) in [6.07, 6.45) is 0. The number of hydrogen-bond donors (Lipinski definition) is 2. The van der Waals surface area contributed by atoms with Crippen LogP contribution in [0.1, 0.15) is 18.1 Å². The Morgan fingerprint density at radius 1 is 1.10 bits per heavy atom. The van der Waals surface area contributed by atoms with Gasteiger partial charge in [-0.05, 0) is 30.2 Å². The summed E-state index contributed by atoms with van der Waals surface area (Å²) in [7, 11) is 0. The second-order valence-electron chi connectivity index (χ2n) is 5.35. The Balaban J connectivity index is 1.85. The number of fused-ring (bicyclic) bond motifs is 1. The maximum Gasteiger partial charge on any atom is 0.0681 e. The van der Waals surface area contributed by atoms with Gasteiger partial charge >= 0.3 is 0 Å². The minimum Gasteiger partial charge on any atom is -0.392 e. The van der Waals surface area contributed by atoms with Crippen molar-refractivity contribution in [1.82, 2.24) is 0 Å². The molecule has 2 aromatic carbocycles. The summed E-state index contributed by atoms with van der Waals surface area (Å²) in [5, 5.41) is 12.6. The molecule has 3 nitrogen and oxygen atoms in total. The first kappa shape index (κ1) is 13.0. The monoisotopic (exact) mass is 268 g/mol. The zero-order chi connectivity index (χ0) is 13.9. The van der Waals surface area contributed by atoms with Crippen molar-refractivity contribution in [3.05, 3.63) is 59.7 Å². The summed E-state index contributed by atoms with van der Waals surface area (Å²) < 4.78 is 0. The highest BCUT2D eigenvalue weighted by molar-refractivity contribution is 5.72. The first-order chi connectivity index (χ1) is 9.78. The second kappa shape index (κ2) is 5.55. The number of aliphatic hydroxyl groups is 1. The second-order valence-corrected chi connectivity index (χ2v) is 5.35. The lowest BCUT2D eigenvalue weighted by molar-refractivity contribution is 0.282. The number of rotatable bonds is 3. The van der Waals surface area contributed by atoms with E-state index in [4.69, 9.17) is 5.11 Å². The molecule has 1 aliphatic rings. The molecule has 0 saturated carbocycles. The molecule has 0 fully saturated rings. The summed E-state index contributed by atoms with van der Waals surface area (Å²) in [5.41, 5.74) is 4.70. The Hall–Kier alpha value is -2.00. The maximum absolute atomic E-state index is 9.10. The van der Waals surface area contributed by atoms with Gasteiger partial charge in [0.05, 0.1) is 18.0 Å². The summed E-state index contributed by atoms with van der Waals surface area (Å²) >= 11 is 0. The summed E-state index contributed by atoms with van der Waals surface area (Å²) in [5.74, 6) is 0. The fourth-order valence-corrected chi connectivity index (χ4v) is 2.67. The van der Waals surface area contributed by atoms with Crippen molar-refractivity contribution < 1.29 is 5.11 Å². The largest absolute Gasteiger partial charge is 0.392 e. The number of benzene rings is 2. The average molecular weight is 268 g/mol. The van der Waals surface area contributed by atoms with Crippen LogP contribution in [0.15, 0.2) is 48.5 Å². The molecule has 3 rings (SSSR count). The van der Waals surface area contributed by atoms with Gasteiger partial charge in [0.1, 0.15) is 0 Å². The van der Waals surface area contributed by atoms with Crippen LogP contribution in [0.4, 0.5) is 11.4 Å². The third-order valence-electron chi connectivity index (χ3n) is 3.89. The van der Waals surface area contributed by atoms with Gasteiger partial charge in [0.25, 0.3) is 0 Å². The lowest BCUT2D eigenvalue weighted by Crippen LogP contribution is -2.41. The standard InChI is InChI=1S/C17H20N2O/c1-13-10-18-16-4-2-3-5-17(16)19(13)11-14-6-8-15(12-20)9-7-14/h2-9,13,18,20H,10-12H2,1H3. The molecule has 0 aliphatic carbocycles. The molecular weight excluding hydrogens is 248 g/mol. The predicted octanol–water partition coefficient (Wildman–Crippen LogP) is 3.00. The van der Waals surface area contributed by atoms with Crippen molar-refractivity contribution in [1.29, 1.82) is 0 Å². The molecule has 1 heterocycles. The molecule has 104 valence electrons. The van der Waals surface area contributed by atoms with E-state index in [1.165, 1.54) is 16.9 Å². The van der Waals surface area contributed by atoms with Crippen molar-refractivity contribution in [3.63, 3.8) is 0 Å². The van der Waals surface area contributed by atoms with E-state index in [0.29, 0.717) is 6.04 Å². The number of nitrogens with one attached hydrogen (secondary N) is 1. The molecular formula is C17H20N2O. The SMILES string of the molecule is CC1CNc2ccccc2N1Cc1ccc(CO)cc1. The van der Waals surface area contributed by atoms with E-state index < -0.39 is 0 Å². The first-order valence-corrected chi connectivity index (χ1v) is 7.06. The molecule has 0 bridgehead atoms. The highest BCUT2D eigenvalue weighted by Gasteiger charge is 2.22. The first-order valence-electron chi connectivity index (χ1n) is 7.06. The van der Waals surface area contributed by atoms with Gasteiger partial charge in [0, 0.05) is 19.1 Å². The summed E-state index contributed by atoms with van der Waals surface area (Å²) in [6, 6.07) is 17.1. The fourth-order valence-electron chi connectivity index (χ4n) is 2.67. The fraction of sp³-hybridized carbons (Fsp3) is 0.294. The highest BCUT2D eigenvalue weighted by atomic mass is 16.3. The molecule has 1 aliphatic heterocycles. The van der Waals surface area contributed by atoms with E-state index in [2.05, 4.69) is 53.5 Å². The van der Waals surface area contributed by atoms with Crippen molar-refractivity contribution >= 4 is 11.4 Å². The zero-order valence-corrected chi connectivity index (χ0v) is 11.7. The van der Waals surface area contributed by atoms with Gasteiger partial charge in [0.2, 0.25) is 0 Å². The topological polar surface area (TPSA) is 35.5 Å². The van der Waals surface area contributed by atoms with Gasteiger partial charge in [-0.15, -0.1) is 0 Å². The quantitative estimate of drug-likeness (QED) is 0.898. The van der Waals surface area contributed by atoms with Crippen LogP contribution in [0, 0.1) is 0 Å². The van der Waals surface area contributed by atoms with Gasteiger partial charge in [-0.1, -0.05) is 36.4 Å². The van der Waals surface area contributed by atoms with Gasteiger partial charge in [-0.25, -0.2) is 0 Å². The molecule has 1 atom stereocenters. The van der Waals surface area contributed by atoms with E-state index in [0.717, 1.165) is 18.7 Å². The van der Waals surface area contributed by atoms with Crippen LogP contribution < -0.4 is 10.2 Å². The van der Waals surface area contributed by atoms with Gasteiger partial charge in [-0.2, -0.15) is 0 Å². The minimum absolute atomic E-state index is 0.104. The normalized spacial score (nSPS) is 17.5. The molecule has 0 saturated heterocycles. The third kappa shape index (κ3) is 2.49. The molecule has 2 N–H and O–H groups in total. The highest BCUT2D eigenvalue weighted by Crippen LogP contribution is 2.32. The van der Waals surface area contributed by atoms with Crippen LogP contribution in [0.25, 0.3) is 0 Å². The van der Waals surface area contributed by atoms with Gasteiger partial charge in [-0.3, -0.25) is 0 Å². The van der Waals surface area contributed by atoms with Crippen LogP contribution in [0.2, 0.25) is 0 Å². The maximum atomic E-state index is 9.10. The number of para-hydroxylation sites is 2. The van der Waals surface area contributed by atoms with E-state index in [1.54, 1.807) is 0 Å². The van der Waals surface area contributed by atoms with Crippen molar-refractivity contribution in [3.8, 4) is 0 Å². The smallest absolute Gasteiger partial charge is 0.0681 e. The number of aliphatic hydroxyl groups excluding tert-OH is 1. The zero-order valence-electron chi connectivity index (χ0n) is 11.7. The Morgan fingerprint density at radius 2 is 1.80 bits per heavy atom. The van der Waals surface area contributed by atoms with E-state index in [-0.39, 0.29) is 6.61 Å². The van der Waals surface area contributed by atoms with E-state index in [1.807, 2.05) is 12.1 Å². The number of anilines is 2. The summed E-state index contributed by atoms with van der Waals surface area (Å²) in [6.45, 7) is 4.20. The number of hydrogen-bond acceptors (Lipinski definition) is 3. The minimum atomic E-state index is 0.104. The van der Waals surface area contributed by atoms with Crippen LogP contribution in [-0.2, 0) is 13.2 Å². The Labute approximate surface area is 119 Å². The van der Waals surface area contributed by atoms with Crippen LogP contribution in [0.3, 0.4) is 0 Å². The molecule has 2 aromatic rings.